The summed E-state index contributed by atoms with van der Waals surface area (Å²) in [6.07, 6.45) is 2.07. The third-order valence-corrected chi connectivity index (χ3v) is 3.78. The standard InChI is InChI=1S/C15H26N2/c1-6-15(3,4)17(5)14-8-7-12(2)11-13(14)9-10-16/h7-8,11H,6,9-10,16H2,1-5H3. The number of nitrogens with two attached hydrogens (primary N) is 1. The van der Waals surface area contributed by atoms with Gasteiger partial charge in [-0.05, 0) is 51.8 Å². The smallest absolute Gasteiger partial charge is 0.0401 e. The van der Waals surface area contributed by atoms with Crippen LogP contribution in [0.1, 0.15) is 38.3 Å². The molecule has 1 aromatic rings. The molecule has 0 aromatic heterocycles. The first-order valence-electron chi connectivity index (χ1n) is 6.45. The number of benzene rings is 1. The predicted octanol–water partition coefficient (Wildman–Crippen LogP) is 3.12. The van der Waals surface area contributed by atoms with Crippen LogP contribution in [0.4, 0.5) is 5.69 Å². The van der Waals surface area contributed by atoms with E-state index in [9.17, 15) is 0 Å². The summed E-state index contributed by atoms with van der Waals surface area (Å²) in [4.78, 5) is 2.37. The topological polar surface area (TPSA) is 29.3 Å². The number of rotatable bonds is 5. The molecule has 17 heavy (non-hydrogen) atoms. The first-order chi connectivity index (χ1) is 7.92. The highest BCUT2D eigenvalue weighted by Gasteiger charge is 2.22. The molecule has 2 nitrogen and oxygen atoms in total. The van der Waals surface area contributed by atoms with Crippen LogP contribution in [-0.4, -0.2) is 19.1 Å². The molecule has 0 aliphatic rings. The molecule has 0 atom stereocenters. The lowest BCUT2D eigenvalue weighted by Gasteiger charge is -2.38. The quantitative estimate of drug-likeness (QED) is 0.848. The van der Waals surface area contributed by atoms with E-state index in [0.717, 1.165) is 12.8 Å². The average molecular weight is 234 g/mol. The zero-order chi connectivity index (χ0) is 13.1. The van der Waals surface area contributed by atoms with E-state index in [2.05, 4.69) is 57.8 Å². The molecule has 0 saturated carbocycles. The average Bonchev–Trinajstić information content (AvgIpc) is 2.29. The Labute approximate surface area is 106 Å². The lowest BCUT2D eigenvalue weighted by atomic mass is 9.96. The minimum absolute atomic E-state index is 0.179. The molecule has 0 fully saturated rings. The number of anilines is 1. The van der Waals surface area contributed by atoms with Crippen LogP contribution in [0.15, 0.2) is 18.2 Å². The van der Waals surface area contributed by atoms with E-state index in [-0.39, 0.29) is 5.54 Å². The minimum atomic E-state index is 0.179. The van der Waals surface area contributed by atoms with Gasteiger partial charge >= 0.3 is 0 Å². The van der Waals surface area contributed by atoms with E-state index in [1.165, 1.54) is 16.8 Å². The Morgan fingerprint density at radius 1 is 1.29 bits per heavy atom. The number of aryl methyl sites for hydroxylation is 1. The van der Waals surface area contributed by atoms with E-state index < -0.39 is 0 Å². The number of hydrogen-bond acceptors (Lipinski definition) is 2. The van der Waals surface area contributed by atoms with Gasteiger partial charge in [0.05, 0.1) is 0 Å². The molecule has 0 bridgehead atoms. The zero-order valence-electron chi connectivity index (χ0n) is 11.9. The Hall–Kier alpha value is -1.02. The van der Waals surface area contributed by atoms with Gasteiger partial charge in [-0.1, -0.05) is 24.6 Å². The third-order valence-electron chi connectivity index (χ3n) is 3.78. The fraction of sp³-hybridized carbons (Fsp3) is 0.600. The minimum Gasteiger partial charge on any atom is -0.369 e. The molecule has 0 unspecified atom stereocenters. The van der Waals surface area contributed by atoms with Crippen LogP contribution in [-0.2, 0) is 6.42 Å². The Kier molecular flexibility index (Phi) is 4.58. The maximum absolute atomic E-state index is 5.70. The molecule has 1 rings (SSSR count). The van der Waals surface area contributed by atoms with Crippen molar-refractivity contribution in [2.75, 3.05) is 18.5 Å². The summed E-state index contributed by atoms with van der Waals surface area (Å²) in [6.45, 7) is 9.62. The van der Waals surface area contributed by atoms with Gasteiger partial charge in [0.1, 0.15) is 0 Å². The van der Waals surface area contributed by atoms with Crippen molar-refractivity contribution in [3.8, 4) is 0 Å². The molecule has 0 aliphatic carbocycles. The molecule has 0 amide bonds. The van der Waals surface area contributed by atoms with Crippen molar-refractivity contribution >= 4 is 5.69 Å². The van der Waals surface area contributed by atoms with Crippen molar-refractivity contribution in [2.24, 2.45) is 5.73 Å². The fourth-order valence-corrected chi connectivity index (χ4v) is 1.96. The highest BCUT2D eigenvalue weighted by atomic mass is 15.2. The molecule has 0 saturated heterocycles. The second-order valence-electron chi connectivity index (χ2n) is 5.40. The van der Waals surface area contributed by atoms with Crippen molar-refractivity contribution in [1.82, 2.24) is 0 Å². The first kappa shape index (κ1) is 14.0. The zero-order valence-corrected chi connectivity index (χ0v) is 11.9. The molecular formula is C15H26N2. The van der Waals surface area contributed by atoms with Crippen molar-refractivity contribution in [2.45, 2.75) is 46.1 Å². The van der Waals surface area contributed by atoms with Crippen molar-refractivity contribution in [1.29, 1.82) is 0 Å². The summed E-state index contributed by atoms with van der Waals surface area (Å²) in [5.41, 5.74) is 9.86. The maximum atomic E-state index is 5.70. The molecule has 2 N–H and O–H groups in total. The summed E-state index contributed by atoms with van der Waals surface area (Å²) in [7, 11) is 2.17. The molecule has 2 heteroatoms. The second kappa shape index (κ2) is 5.54. The van der Waals surface area contributed by atoms with Crippen molar-refractivity contribution < 1.29 is 0 Å². The van der Waals surface area contributed by atoms with E-state index in [0.29, 0.717) is 6.54 Å². The van der Waals surface area contributed by atoms with Gasteiger partial charge in [0.25, 0.3) is 0 Å². The van der Waals surface area contributed by atoms with E-state index in [1.54, 1.807) is 0 Å². The second-order valence-corrected chi connectivity index (χ2v) is 5.40. The van der Waals surface area contributed by atoms with Crippen LogP contribution in [0.2, 0.25) is 0 Å². The van der Waals surface area contributed by atoms with Gasteiger partial charge in [-0.2, -0.15) is 0 Å². The lowest BCUT2D eigenvalue weighted by Crippen LogP contribution is -2.41. The molecular weight excluding hydrogens is 208 g/mol. The molecule has 0 heterocycles. The van der Waals surface area contributed by atoms with Crippen LogP contribution in [0.3, 0.4) is 0 Å². The van der Waals surface area contributed by atoms with Crippen molar-refractivity contribution in [3.63, 3.8) is 0 Å². The Morgan fingerprint density at radius 2 is 1.94 bits per heavy atom. The summed E-state index contributed by atoms with van der Waals surface area (Å²) >= 11 is 0. The van der Waals surface area contributed by atoms with Crippen LogP contribution in [0, 0.1) is 6.92 Å². The molecule has 0 spiro atoms. The highest BCUT2D eigenvalue weighted by Crippen LogP contribution is 2.28. The Bertz CT molecular complexity index is 369. The van der Waals surface area contributed by atoms with Gasteiger partial charge in [-0.15, -0.1) is 0 Å². The first-order valence-corrected chi connectivity index (χ1v) is 6.45. The maximum Gasteiger partial charge on any atom is 0.0401 e. The summed E-state index contributed by atoms with van der Waals surface area (Å²) < 4.78 is 0. The summed E-state index contributed by atoms with van der Waals surface area (Å²) in [5.74, 6) is 0. The van der Waals surface area contributed by atoms with Crippen LogP contribution in [0.25, 0.3) is 0 Å². The molecule has 96 valence electrons. The van der Waals surface area contributed by atoms with Crippen molar-refractivity contribution in [3.05, 3.63) is 29.3 Å². The Morgan fingerprint density at radius 3 is 2.47 bits per heavy atom. The van der Waals surface area contributed by atoms with E-state index in [1.807, 2.05) is 0 Å². The SMILES string of the molecule is CCC(C)(C)N(C)c1ccc(C)cc1CCN. The number of nitrogens with zero attached hydrogens (tertiary/aromatic N) is 1. The predicted molar refractivity (Wildman–Crippen MR) is 76.7 cm³/mol. The Balaban J connectivity index is 3.12. The van der Waals surface area contributed by atoms with E-state index in [4.69, 9.17) is 5.73 Å². The fourth-order valence-electron chi connectivity index (χ4n) is 1.96. The van der Waals surface area contributed by atoms with E-state index >= 15 is 0 Å². The van der Waals surface area contributed by atoms with Crippen LogP contribution >= 0.6 is 0 Å². The molecule has 0 aliphatic heterocycles. The van der Waals surface area contributed by atoms with Gasteiger partial charge in [-0.25, -0.2) is 0 Å². The normalized spacial score (nSPS) is 11.6. The summed E-state index contributed by atoms with van der Waals surface area (Å²) in [6, 6.07) is 6.65. The van der Waals surface area contributed by atoms with Gasteiger partial charge in [0.2, 0.25) is 0 Å². The monoisotopic (exact) mass is 234 g/mol. The van der Waals surface area contributed by atoms with Crippen LogP contribution in [0.5, 0.6) is 0 Å². The van der Waals surface area contributed by atoms with Crippen LogP contribution < -0.4 is 10.6 Å². The van der Waals surface area contributed by atoms with Gasteiger partial charge in [0.15, 0.2) is 0 Å². The highest BCUT2D eigenvalue weighted by molar-refractivity contribution is 5.56. The number of hydrogen-bond donors (Lipinski definition) is 1. The molecule has 0 radical (unpaired) electrons. The summed E-state index contributed by atoms with van der Waals surface area (Å²) in [5, 5.41) is 0. The van der Waals surface area contributed by atoms with Gasteiger partial charge in [0, 0.05) is 18.3 Å². The molecule has 1 aromatic carbocycles. The van der Waals surface area contributed by atoms with Gasteiger partial charge in [-0.3, -0.25) is 0 Å². The lowest BCUT2D eigenvalue weighted by molar-refractivity contribution is 0.469. The largest absolute Gasteiger partial charge is 0.369 e. The third kappa shape index (κ3) is 3.22. The van der Waals surface area contributed by atoms with Gasteiger partial charge < -0.3 is 10.6 Å².